The molecule has 6 heteroatoms. The van der Waals surface area contributed by atoms with Gasteiger partial charge in [0.2, 0.25) is 5.72 Å². The molecule has 1 aliphatic heterocycles. The van der Waals surface area contributed by atoms with Crippen LogP contribution in [0.3, 0.4) is 0 Å². The summed E-state index contributed by atoms with van der Waals surface area (Å²) in [6.45, 7) is 0. The SMILES string of the molecule is COC(=O)[C@@]1(O)C[C@@H](c2ccc(F)cc2)[C@H](C(=O)c2ccccc2)N1c1ccccc1. The molecule has 5 nitrogen and oxygen atoms in total. The van der Waals surface area contributed by atoms with Crippen LogP contribution in [0.25, 0.3) is 0 Å². The zero-order chi connectivity index (χ0) is 22.0. The van der Waals surface area contributed by atoms with Gasteiger partial charge in [-0.05, 0) is 29.8 Å². The highest BCUT2D eigenvalue weighted by Crippen LogP contribution is 2.46. The van der Waals surface area contributed by atoms with Crippen LogP contribution in [0.4, 0.5) is 10.1 Å². The Balaban J connectivity index is 1.91. The second kappa shape index (κ2) is 8.32. The van der Waals surface area contributed by atoms with Gasteiger partial charge in [0, 0.05) is 23.6 Å². The lowest BCUT2D eigenvalue weighted by molar-refractivity contribution is -0.161. The number of benzene rings is 3. The van der Waals surface area contributed by atoms with E-state index < -0.39 is 29.5 Å². The summed E-state index contributed by atoms with van der Waals surface area (Å²) >= 11 is 0. The quantitative estimate of drug-likeness (QED) is 0.501. The van der Waals surface area contributed by atoms with Crippen molar-refractivity contribution in [1.29, 1.82) is 0 Å². The fourth-order valence-electron chi connectivity index (χ4n) is 4.32. The summed E-state index contributed by atoms with van der Waals surface area (Å²) in [5.41, 5.74) is -0.454. The van der Waals surface area contributed by atoms with Gasteiger partial charge in [0.1, 0.15) is 11.9 Å². The third-order valence-electron chi connectivity index (χ3n) is 5.73. The Labute approximate surface area is 179 Å². The van der Waals surface area contributed by atoms with Gasteiger partial charge in [0.05, 0.1) is 7.11 Å². The van der Waals surface area contributed by atoms with Gasteiger partial charge in [-0.3, -0.25) is 4.79 Å². The molecular weight excluding hydrogens is 397 g/mol. The van der Waals surface area contributed by atoms with Crippen molar-refractivity contribution in [3.63, 3.8) is 0 Å². The fraction of sp³-hybridized carbons (Fsp3) is 0.200. The lowest BCUT2D eigenvalue weighted by Gasteiger charge is -2.36. The number of nitrogens with zero attached hydrogens (tertiary/aromatic N) is 1. The molecule has 0 radical (unpaired) electrons. The van der Waals surface area contributed by atoms with E-state index in [1.165, 1.54) is 24.1 Å². The van der Waals surface area contributed by atoms with Gasteiger partial charge in [0.15, 0.2) is 5.78 Å². The Bertz CT molecular complexity index is 1070. The maximum absolute atomic E-state index is 13.7. The molecule has 0 bridgehead atoms. The summed E-state index contributed by atoms with van der Waals surface area (Å²) in [5.74, 6) is -2.08. The van der Waals surface area contributed by atoms with E-state index in [0.29, 0.717) is 16.8 Å². The van der Waals surface area contributed by atoms with Crippen LogP contribution < -0.4 is 4.90 Å². The summed E-state index contributed by atoms with van der Waals surface area (Å²) in [6.07, 6.45) is -0.0799. The number of carbonyl (C=O) groups is 2. The maximum Gasteiger partial charge on any atom is 0.359 e. The number of esters is 1. The number of halogens is 1. The smallest absolute Gasteiger partial charge is 0.359 e. The van der Waals surface area contributed by atoms with Crippen LogP contribution in [0, 0.1) is 5.82 Å². The van der Waals surface area contributed by atoms with Crippen LogP contribution in [0.15, 0.2) is 84.9 Å². The normalized spacial score (nSPS) is 22.9. The minimum absolute atomic E-state index is 0.0799. The third-order valence-corrected chi connectivity index (χ3v) is 5.73. The Morgan fingerprint density at radius 3 is 2.13 bits per heavy atom. The summed E-state index contributed by atoms with van der Waals surface area (Å²) < 4.78 is 18.5. The molecule has 1 heterocycles. The number of anilines is 1. The Morgan fingerprint density at radius 2 is 1.55 bits per heavy atom. The first-order valence-corrected chi connectivity index (χ1v) is 9.95. The van der Waals surface area contributed by atoms with E-state index in [2.05, 4.69) is 0 Å². The van der Waals surface area contributed by atoms with Crippen molar-refractivity contribution in [2.75, 3.05) is 12.0 Å². The van der Waals surface area contributed by atoms with Gasteiger partial charge in [-0.15, -0.1) is 0 Å². The standard InChI is InChI=1S/C25H22FNO4/c1-31-24(29)25(30)16-21(17-12-14-19(26)15-13-17)22(23(28)18-8-4-2-5-9-18)27(25)20-10-6-3-7-11-20/h2-15,21-22,30H,16H2,1H3/t21-,22+,25-/m0/s1. The molecule has 0 aromatic heterocycles. The molecule has 4 rings (SSSR count). The molecule has 0 amide bonds. The van der Waals surface area contributed by atoms with E-state index in [0.717, 1.165) is 0 Å². The number of Topliss-reactive ketones (excluding diaryl/α,β-unsaturated/α-hetero) is 1. The molecule has 0 saturated carbocycles. The molecule has 0 spiro atoms. The third kappa shape index (κ3) is 3.70. The van der Waals surface area contributed by atoms with E-state index in [1.807, 2.05) is 12.1 Å². The average Bonchev–Trinajstić information content (AvgIpc) is 3.14. The van der Waals surface area contributed by atoms with Crippen LogP contribution in [-0.4, -0.2) is 35.7 Å². The molecular formula is C25H22FNO4. The maximum atomic E-state index is 13.7. The highest BCUT2D eigenvalue weighted by atomic mass is 19.1. The van der Waals surface area contributed by atoms with Crippen molar-refractivity contribution in [3.8, 4) is 0 Å². The lowest BCUT2D eigenvalue weighted by atomic mass is 9.86. The monoisotopic (exact) mass is 419 g/mol. The summed E-state index contributed by atoms with van der Waals surface area (Å²) in [7, 11) is 1.20. The van der Waals surface area contributed by atoms with Crippen molar-refractivity contribution in [3.05, 3.63) is 102 Å². The molecule has 1 aliphatic rings. The number of ether oxygens (including phenoxy) is 1. The number of ketones is 1. The van der Waals surface area contributed by atoms with Crippen molar-refractivity contribution in [1.82, 2.24) is 0 Å². The fourth-order valence-corrected chi connectivity index (χ4v) is 4.32. The summed E-state index contributed by atoms with van der Waals surface area (Å²) in [5, 5.41) is 11.6. The Morgan fingerprint density at radius 1 is 0.968 bits per heavy atom. The number of rotatable bonds is 5. The molecule has 0 aliphatic carbocycles. The zero-order valence-corrected chi connectivity index (χ0v) is 16.9. The lowest BCUT2D eigenvalue weighted by Crippen LogP contribution is -2.55. The number of methoxy groups -OCH3 is 1. The van der Waals surface area contributed by atoms with E-state index in [-0.39, 0.29) is 12.2 Å². The number of hydrogen-bond donors (Lipinski definition) is 1. The van der Waals surface area contributed by atoms with Gasteiger partial charge in [-0.25, -0.2) is 9.18 Å². The van der Waals surface area contributed by atoms with Gasteiger partial charge in [-0.2, -0.15) is 0 Å². The number of aliphatic hydroxyl groups is 1. The predicted octanol–water partition coefficient (Wildman–Crippen LogP) is 3.93. The first-order chi connectivity index (χ1) is 15.0. The minimum Gasteiger partial charge on any atom is -0.465 e. The number of hydrogen-bond acceptors (Lipinski definition) is 5. The van der Waals surface area contributed by atoms with E-state index in [9.17, 15) is 19.1 Å². The second-order valence-electron chi connectivity index (χ2n) is 7.55. The van der Waals surface area contributed by atoms with Crippen molar-refractivity contribution in [2.24, 2.45) is 0 Å². The van der Waals surface area contributed by atoms with Crippen molar-refractivity contribution in [2.45, 2.75) is 24.1 Å². The van der Waals surface area contributed by atoms with E-state index in [1.54, 1.807) is 60.7 Å². The first-order valence-electron chi connectivity index (χ1n) is 9.95. The van der Waals surface area contributed by atoms with Gasteiger partial charge >= 0.3 is 5.97 Å². The highest BCUT2D eigenvalue weighted by molar-refractivity contribution is 6.05. The van der Waals surface area contributed by atoms with Crippen molar-refractivity contribution >= 4 is 17.4 Å². The van der Waals surface area contributed by atoms with Crippen LogP contribution in [-0.2, 0) is 9.53 Å². The molecule has 1 fully saturated rings. The molecule has 3 atom stereocenters. The number of carbonyl (C=O) groups excluding carboxylic acids is 2. The minimum atomic E-state index is -2.07. The van der Waals surface area contributed by atoms with Crippen molar-refractivity contribution < 1.29 is 23.8 Å². The highest BCUT2D eigenvalue weighted by Gasteiger charge is 2.59. The van der Waals surface area contributed by atoms with E-state index in [4.69, 9.17) is 4.74 Å². The van der Waals surface area contributed by atoms with E-state index >= 15 is 0 Å². The summed E-state index contributed by atoms with van der Waals surface area (Å²) in [4.78, 5) is 27.9. The molecule has 3 aromatic rings. The predicted molar refractivity (Wildman–Crippen MR) is 114 cm³/mol. The Hall–Kier alpha value is -3.51. The zero-order valence-electron chi connectivity index (χ0n) is 16.9. The van der Waals surface area contributed by atoms with Crippen LogP contribution in [0.5, 0.6) is 0 Å². The largest absolute Gasteiger partial charge is 0.465 e. The van der Waals surface area contributed by atoms with Crippen LogP contribution >= 0.6 is 0 Å². The van der Waals surface area contributed by atoms with Gasteiger partial charge in [0.25, 0.3) is 0 Å². The topological polar surface area (TPSA) is 66.8 Å². The second-order valence-corrected chi connectivity index (χ2v) is 7.55. The van der Waals surface area contributed by atoms with Gasteiger partial charge < -0.3 is 14.7 Å². The van der Waals surface area contributed by atoms with Crippen LogP contribution in [0.2, 0.25) is 0 Å². The molecule has 1 N–H and O–H groups in total. The average molecular weight is 419 g/mol. The molecule has 3 aromatic carbocycles. The Kier molecular flexibility index (Phi) is 5.57. The molecule has 0 unspecified atom stereocenters. The number of para-hydroxylation sites is 1. The van der Waals surface area contributed by atoms with Gasteiger partial charge in [-0.1, -0.05) is 60.7 Å². The first kappa shape index (κ1) is 20.8. The summed E-state index contributed by atoms with van der Waals surface area (Å²) in [6, 6.07) is 22.4. The van der Waals surface area contributed by atoms with Crippen LogP contribution in [0.1, 0.15) is 28.3 Å². The molecule has 31 heavy (non-hydrogen) atoms. The molecule has 1 saturated heterocycles. The molecule has 158 valence electrons.